The molecule has 0 amide bonds. The summed E-state index contributed by atoms with van der Waals surface area (Å²) in [6.07, 6.45) is 9.75. The van der Waals surface area contributed by atoms with Crippen LogP contribution in [0.2, 0.25) is 0 Å². The number of hydrogen-bond donors (Lipinski definition) is 1. The Labute approximate surface area is 115 Å². The summed E-state index contributed by atoms with van der Waals surface area (Å²) in [5.74, 6) is -0.150. The van der Waals surface area contributed by atoms with E-state index in [-0.39, 0.29) is 5.82 Å². The predicted molar refractivity (Wildman–Crippen MR) is 76.5 cm³/mol. The molecule has 1 nitrogen and oxygen atoms in total. The lowest BCUT2D eigenvalue weighted by Crippen LogP contribution is -2.54. The third-order valence-electron chi connectivity index (χ3n) is 5.34. The molecule has 2 heteroatoms. The molecule has 1 unspecified atom stereocenters. The molecule has 2 saturated carbocycles. The quantitative estimate of drug-likeness (QED) is 0.839. The molecular weight excluding hydrogens is 237 g/mol. The lowest BCUT2D eigenvalue weighted by molar-refractivity contribution is 0.0174. The first kappa shape index (κ1) is 13.1. The second-order valence-electron chi connectivity index (χ2n) is 6.45. The third-order valence-corrected chi connectivity index (χ3v) is 5.34. The zero-order valence-electron chi connectivity index (χ0n) is 11.8. The molecule has 1 spiro atoms. The zero-order chi connectivity index (χ0) is 13.3. The molecule has 2 fully saturated rings. The van der Waals surface area contributed by atoms with E-state index in [0.29, 0.717) is 17.5 Å². The van der Waals surface area contributed by atoms with Crippen LogP contribution in [0.5, 0.6) is 0 Å². The van der Waals surface area contributed by atoms with Crippen molar-refractivity contribution in [3.63, 3.8) is 0 Å². The van der Waals surface area contributed by atoms with Gasteiger partial charge in [-0.15, -0.1) is 0 Å². The van der Waals surface area contributed by atoms with E-state index in [0.717, 1.165) is 0 Å². The van der Waals surface area contributed by atoms with Crippen LogP contribution in [0.4, 0.5) is 4.39 Å². The Morgan fingerprint density at radius 2 is 1.79 bits per heavy atom. The van der Waals surface area contributed by atoms with E-state index in [9.17, 15) is 4.39 Å². The van der Waals surface area contributed by atoms with E-state index in [1.807, 2.05) is 12.1 Å². The van der Waals surface area contributed by atoms with Crippen molar-refractivity contribution in [2.45, 2.75) is 64.0 Å². The number of rotatable bonds is 3. The molecule has 1 N–H and O–H groups in total. The van der Waals surface area contributed by atoms with E-state index < -0.39 is 0 Å². The van der Waals surface area contributed by atoms with Crippen LogP contribution in [0.15, 0.2) is 24.3 Å². The zero-order valence-corrected chi connectivity index (χ0v) is 11.8. The van der Waals surface area contributed by atoms with Crippen molar-refractivity contribution in [3.05, 3.63) is 35.6 Å². The fourth-order valence-electron chi connectivity index (χ4n) is 3.96. The molecule has 0 aliphatic heterocycles. The molecule has 2 atom stereocenters. The number of halogens is 1. The van der Waals surface area contributed by atoms with Crippen LogP contribution in [0.3, 0.4) is 0 Å². The van der Waals surface area contributed by atoms with Crippen LogP contribution in [0, 0.1) is 11.2 Å². The molecule has 0 saturated heterocycles. The SMILES string of the molecule is C[C@@H](NC1CCC12CCCCC2)c1ccc(F)cc1. The maximum Gasteiger partial charge on any atom is 0.123 e. The van der Waals surface area contributed by atoms with Crippen LogP contribution in [-0.2, 0) is 0 Å². The van der Waals surface area contributed by atoms with Gasteiger partial charge >= 0.3 is 0 Å². The van der Waals surface area contributed by atoms with Crippen molar-refractivity contribution in [2.75, 3.05) is 0 Å². The predicted octanol–water partition coefficient (Wildman–Crippen LogP) is 4.59. The topological polar surface area (TPSA) is 12.0 Å². The summed E-state index contributed by atoms with van der Waals surface area (Å²) < 4.78 is 13.0. The van der Waals surface area contributed by atoms with E-state index in [2.05, 4.69) is 12.2 Å². The molecule has 0 radical (unpaired) electrons. The second-order valence-corrected chi connectivity index (χ2v) is 6.45. The molecule has 1 aromatic carbocycles. The summed E-state index contributed by atoms with van der Waals surface area (Å²) in [7, 11) is 0. The second kappa shape index (κ2) is 5.24. The molecule has 1 aromatic rings. The largest absolute Gasteiger partial charge is 0.307 e. The Hall–Kier alpha value is -0.890. The Kier molecular flexibility index (Phi) is 3.62. The molecule has 2 aliphatic rings. The van der Waals surface area contributed by atoms with Gasteiger partial charge in [0, 0.05) is 12.1 Å². The standard InChI is InChI=1S/C17H24FN/c1-13(14-5-7-15(18)8-6-14)19-16-9-12-17(16)10-3-2-4-11-17/h5-8,13,16,19H,2-4,9-12H2,1H3/t13-,16?/m1/s1. The average molecular weight is 261 g/mol. The summed E-state index contributed by atoms with van der Waals surface area (Å²) in [4.78, 5) is 0. The highest BCUT2D eigenvalue weighted by Gasteiger charge is 2.46. The summed E-state index contributed by atoms with van der Waals surface area (Å²) in [5.41, 5.74) is 1.78. The molecule has 0 bridgehead atoms. The van der Waals surface area contributed by atoms with Crippen molar-refractivity contribution in [3.8, 4) is 0 Å². The lowest BCUT2D eigenvalue weighted by Gasteiger charge is -2.53. The van der Waals surface area contributed by atoms with E-state index >= 15 is 0 Å². The van der Waals surface area contributed by atoms with E-state index in [1.165, 1.54) is 50.5 Å². The summed E-state index contributed by atoms with van der Waals surface area (Å²) >= 11 is 0. The molecule has 3 rings (SSSR count). The van der Waals surface area contributed by atoms with E-state index in [1.54, 1.807) is 12.1 Å². The van der Waals surface area contributed by atoms with Gasteiger partial charge in [-0.25, -0.2) is 4.39 Å². The van der Waals surface area contributed by atoms with Crippen molar-refractivity contribution in [1.82, 2.24) is 5.32 Å². The third kappa shape index (κ3) is 2.55. The van der Waals surface area contributed by atoms with Crippen molar-refractivity contribution >= 4 is 0 Å². The van der Waals surface area contributed by atoms with Gasteiger partial charge in [0.15, 0.2) is 0 Å². The summed E-state index contributed by atoms with van der Waals surface area (Å²) in [6.45, 7) is 2.20. The Balaban J connectivity index is 1.63. The number of benzene rings is 1. The van der Waals surface area contributed by atoms with Gasteiger partial charge in [-0.05, 0) is 55.7 Å². The number of hydrogen-bond acceptors (Lipinski definition) is 1. The molecule has 19 heavy (non-hydrogen) atoms. The van der Waals surface area contributed by atoms with Crippen molar-refractivity contribution in [1.29, 1.82) is 0 Å². The highest BCUT2D eigenvalue weighted by molar-refractivity contribution is 5.20. The first-order valence-electron chi connectivity index (χ1n) is 7.71. The minimum atomic E-state index is -0.150. The summed E-state index contributed by atoms with van der Waals surface area (Å²) in [5, 5.41) is 3.79. The fraction of sp³-hybridized carbons (Fsp3) is 0.647. The minimum Gasteiger partial charge on any atom is -0.307 e. The van der Waals surface area contributed by atoms with Gasteiger partial charge in [0.05, 0.1) is 0 Å². The maximum atomic E-state index is 13.0. The Morgan fingerprint density at radius 1 is 1.11 bits per heavy atom. The summed E-state index contributed by atoms with van der Waals surface area (Å²) in [6, 6.07) is 7.92. The molecular formula is C17H24FN. The minimum absolute atomic E-state index is 0.150. The van der Waals surface area contributed by atoms with Gasteiger partial charge < -0.3 is 5.32 Å². The van der Waals surface area contributed by atoms with Gasteiger partial charge in [0.25, 0.3) is 0 Å². The molecule has 104 valence electrons. The van der Waals surface area contributed by atoms with Gasteiger partial charge in [-0.1, -0.05) is 31.4 Å². The smallest absolute Gasteiger partial charge is 0.123 e. The van der Waals surface area contributed by atoms with Gasteiger partial charge in [0.2, 0.25) is 0 Å². The fourth-order valence-corrected chi connectivity index (χ4v) is 3.96. The Bertz CT molecular complexity index is 419. The highest BCUT2D eigenvalue weighted by atomic mass is 19.1. The lowest BCUT2D eigenvalue weighted by atomic mass is 9.57. The highest BCUT2D eigenvalue weighted by Crippen LogP contribution is 2.52. The molecule has 0 aromatic heterocycles. The van der Waals surface area contributed by atoms with Crippen LogP contribution in [0.1, 0.15) is 63.5 Å². The van der Waals surface area contributed by atoms with Gasteiger partial charge in [-0.3, -0.25) is 0 Å². The van der Waals surface area contributed by atoms with Crippen LogP contribution >= 0.6 is 0 Å². The molecule has 2 aliphatic carbocycles. The van der Waals surface area contributed by atoms with E-state index in [4.69, 9.17) is 0 Å². The number of nitrogens with one attached hydrogen (secondary N) is 1. The first-order chi connectivity index (χ1) is 9.20. The van der Waals surface area contributed by atoms with Crippen LogP contribution in [0.25, 0.3) is 0 Å². The Morgan fingerprint density at radius 3 is 2.37 bits per heavy atom. The van der Waals surface area contributed by atoms with Gasteiger partial charge in [0.1, 0.15) is 5.82 Å². The van der Waals surface area contributed by atoms with Crippen molar-refractivity contribution < 1.29 is 4.39 Å². The van der Waals surface area contributed by atoms with Crippen LogP contribution in [-0.4, -0.2) is 6.04 Å². The average Bonchev–Trinajstić information content (AvgIpc) is 2.45. The molecule has 0 heterocycles. The van der Waals surface area contributed by atoms with Crippen molar-refractivity contribution in [2.24, 2.45) is 5.41 Å². The monoisotopic (exact) mass is 261 g/mol. The van der Waals surface area contributed by atoms with Gasteiger partial charge in [-0.2, -0.15) is 0 Å². The van der Waals surface area contributed by atoms with Crippen LogP contribution < -0.4 is 5.32 Å². The maximum absolute atomic E-state index is 13.0. The first-order valence-corrected chi connectivity index (χ1v) is 7.71. The normalized spacial score (nSPS) is 26.9.